The molecule has 0 amide bonds. The highest BCUT2D eigenvalue weighted by atomic mass is 16.5. The minimum absolute atomic E-state index is 0.0864. The van der Waals surface area contributed by atoms with Gasteiger partial charge in [-0.05, 0) is 43.7 Å². The van der Waals surface area contributed by atoms with Crippen LogP contribution >= 0.6 is 0 Å². The Bertz CT molecular complexity index is 889. The zero-order chi connectivity index (χ0) is 21.4. The summed E-state index contributed by atoms with van der Waals surface area (Å²) in [5, 5.41) is 0. The Morgan fingerprint density at radius 1 is 1.00 bits per heavy atom. The number of Topliss-reactive ketones (excluding diaryl/α,β-unsaturated/α-hetero) is 1. The summed E-state index contributed by atoms with van der Waals surface area (Å²) >= 11 is 0. The molecule has 0 spiro atoms. The van der Waals surface area contributed by atoms with Gasteiger partial charge in [0.05, 0.1) is 33.6 Å². The molecule has 0 saturated carbocycles. The van der Waals surface area contributed by atoms with Crippen molar-refractivity contribution >= 4 is 17.5 Å². The molecule has 0 saturated heterocycles. The fourth-order valence-corrected chi connectivity index (χ4v) is 3.04. The third-order valence-corrected chi connectivity index (χ3v) is 4.43. The molecule has 0 atom stereocenters. The Kier molecular flexibility index (Phi) is 7.95. The minimum Gasteiger partial charge on any atom is -0.497 e. The molecule has 0 aliphatic heterocycles. The van der Waals surface area contributed by atoms with Crippen molar-refractivity contribution in [1.29, 1.82) is 0 Å². The van der Waals surface area contributed by atoms with Crippen molar-refractivity contribution in [2.24, 2.45) is 0 Å². The molecule has 0 aliphatic rings. The van der Waals surface area contributed by atoms with E-state index in [2.05, 4.69) is 0 Å². The molecule has 0 fully saturated rings. The molecule has 29 heavy (non-hydrogen) atoms. The molecule has 0 aromatic heterocycles. The predicted molar refractivity (Wildman–Crippen MR) is 115 cm³/mol. The van der Waals surface area contributed by atoms with Crippen LogP contribution < -0.4 is 24.7 Å². The van der Waals surface area contributed by atoms with Gasteiger partial charge in [-0.2, -0.15) is 0 Å². The quantitative estimate of drug-likeness (QED) is 0.352. The highest BCUT2D eigenvalue weighted by Gasteiger charge is 2.17. The number of ether oxygens (including phenoxy) is 4. The lowest BCUT2D eigenvalue weighted by Crippen LogP contribution is -2.06. The Morgan fingerprint density at radius 3 is 2.34 bits per heavy atom. The van der Waals surface area contributed by atoms with Crippen molar-refractivity contribution in [3.05, 3.63) is 47.0 Å². The second kappa shape index (κ2) is 10.4. The number of methoxy groups -OCH3 is 3. The van der Waals surface area contributed by atoms with Crippen LogP contribution in [0.2, 0.25) is 0 Å². The average molecular weight is 399 g/mol. The van der Waals surface area contributed by atoms with E-state index in [1.165, 1.54) is 0 Å². The summed E-state index contributed by atoms with van der Waals surface area (Å²) in [6.45, 7) is 4.37. The largest absolute Gasteiger partial charge is 0.497 e. The fourth-order valence-electron chi connectivity index (χ4n) is 3.04. The topological polar surface area (TPSA) is 80.0 Å². The summed E-state index contributed by atoms with van der Waals surface area (Å²) in [4.78, 5) is 13.2. The first-order chi connectivity index (χ1) is 14.0. The van der Waals surface area contributed by atoms with Gasteiger partial charge >= 0.3 is 0 Å². The van der Waals surface area contributed by atoms with Crippen LogP contribution in [0.15, 0.2) is 35.9 Å². The summed E-state index contributed by atoms with van der Waals surface area (Å²) in [7, 11) is 4.71. The number of benzene rings is 2. The van der Waals surface area contributed by atoms with E-state index < -0.39 is 0 Å². The molecule has 6 heteroatoms. The molecule has 2 N–H and O–H groups in total. The summed E-state index contributed by atoms with van der Waals surface area (Å²) in [5.74, 6) is 2.12. The van der Waals surface area contributed by atoms with E-state index in [1.807, 2.05) is 26.0 Å². The number of nitrogens with two attached hydrogens (primary N) is 1. The van der Waals surface area contributed by atoms with Crippen LogP contribution in [0.1, 0.15) is 42.6 Å². The van der Waals surface area contributed by atoms with Crippen molar-refractivity contribution in [3.63, 3.8) is 0 Å². The number of hydrogen-bond donors (Lipinski definition) is 1. The zero-order valence-electron chi connectivity index (χ0n) is 17.7. The lowest BCUT2D eigenvalue weighted by Gasteiger charge is -2.14. The maximum atomic E-state index is 13.2. The fraction of sp³-hybridized carbons (Fsp3) is 0.348. The molecule has 2 rings (SSSR count). The number of anilines is 1. The van der Waals surface area contributed by atoms with Gasteiger partial charge in [0.25, 0.3) is 0 Å². The predicted octanol–water partition coefficient (Wildman–Crippen LogP) is 4.76. The van der Waals surface area contributed by atoms with E-state index in [-0.39, 0.29) is 5.78 Å². The number of carbonyl (C=O) groups excluding carboxylic acids is 1. The molecule has 2 aromatic rings. The van der Waals surface area contributed by atoms with Gasteiger partial charge in [0, 0.05) is 22.8 Å². The van der Waals surface area contributed by atoms with Gasteiger partial charge in [-0.25, -0.2) is 0 Å². The molecular weight excluding hydrogens is 370 g/mol. The Hall–Kier alpha value is -3.15. The number of allylic oxidation sites excluding steroid dienone is 1. The SMILES string of the molecule is CCCC(=Cc1cc(OC)cc(OC)c1OC)C(=O)c1ccc(N)c(OCC)c1. The van der Waals surface area contributed by atoms with E-state index >= 15 is 0 Å². The highest BCUT2D eigenvalue weighted by molar-refractivity contribution is 6.11. The molecule has 0 heterocycles. The molecular formula is C23H29NO5. The van der Waals surface area contributed by atoms with Crippen molar-refractivity contribution in [2.45, 2.75) is 26.7 Å². The van der Waals surface area contributed by atoms with Crippen molar-refractivity contribution in [1.82, 2.24) is 0 Å². The van der Waals surface area contributed by atoms with Crippen molar-refractivity contribution in [2.75, 3.05) is 33.7 Å². The Balaban J connectivity index is 2.55. The van der Waals surface area contributed by atoms with E-state index in [4.69, 9.17) is 24.7 Å². The third kappa shape index (κ3) is 5.22. The number of hydrogen-bond acceptors (Lipinski definition) is 6. The summed E-state index contributed by atoms with van der Waals surface area (Å²) in [5.41, 5.74) is 8.32. The number of ketones is 1. The van der Waals surface area contributed by atoms with E-state index in [1.54, 1.807) is 45.6 Å². The standard InChI is InChI=1S/C23H29NO5/c1-6-8-15(22(25)16-9-10-19(24)20(13-16)29-7-2)11-17-12-18(26-3)14-21(27-4)23(17)28-5/h9-14H,6-8,24H2,1-5H3. The van der Waals surface area contributed by atoms with Crippen LogP contribution in [0.25, 0.3) is 6.08 Å². The third-order valence-electron chi connectivity index (χ3n) is 4.43. The van der Waals surface area contributed by atoms with E-state index in [9.17, 15) is 4.79 Å². The first-order valence-corrected chi connectivity index (χ1v) is 9.56. The van der Waals surface area contributed by atoms with Crippen LogP contribution in [0.4, 0.5) is 5.69 Å². The zero-order valence-corrected chi connectivity index (χ0v) is 17.7. The highest BCUT2D eigenvalue weighted by Crippen LogP contribution is 2.37. The first kappa shape index (κ1) is 22.1. The smallest absolute Gasteiger partial charge is 0.189 e. The number of carbonyl (C=O) groups is 1. The second-order valence-corrected chi connectivity index (χ2v) is 6.39. The molecule has 156 valence electrons. The van der Waals surface area contributed by atoms with Crippen LogP contribution in [0.3, 0.4) is 0 Å². The maximum Gasteiger partial charge on any atom is 0.189 e. The van der Waals surface area contributed by atoms with Gasteiger partial charge in [0.15, 0.2) is 17.3 Å². The van der Waals surface area contributed by atoms with Crippen LogP contribution in [0, 0.1) is 0 Å². The Labute approximate surface area is 172 Å². The Morgan fingerprint density at radius 2 is 1.76 bits per heavy atom. The molecule has 0 radical (unpaired) electrons. The van der Waals surface area contributed by atoms with Gasteiger partial charge < -0.3 is 24.7 Å². The van der Waals surface area contributed by atoms with Crippen LogP contribution in [0.5, 0.6) is 23.0 Å². The maximum absolute atomic E-state index is 13.2. The van der Waals surface area contributed by atoms with Gasteiger partial charge in [-0.3, -0.25) is 4.79 Å². The van der Waals surface area contributed by atoms with E-state index in [0.717, 1.165) is 6.42 Å². The number of rotatable bonds is 10. The van der Waals surface area contributed by atoms with Gasteiger partial charge in [0.1, 0.15) is 11.5 Å². The lowest BCUT2D eigenvalue weighted by molar-refractivity contribution is 0.103. The summed E-state index contributed by atoms with van der Waals surface area (Å²) in [6, 6.07) is 8.66. The van der Waals surface area contributed by atoms with Crippen LogP contribution in [-0.4, -0.2) is 33.7 Å². The normalized spacial score (nSPS) is 11.1. The molecule has 0 unspecified atom stereocenters. The van der Waals surface area contributed by atoms with Gasteiger partial charge in [-0.1, -0.05) is 13.3 Å². The van der Waals surface area contributed by atoms with Crippen molar-refractivity contribution in [3.8, 4) is 23.0 Å². The average Bonchev–Trinajstić information content (AvgIpc) is 2.73. The van der Waals surface area contributed by atoms with Gasteiger partial charge in [0.2, 0.25) is 0 Å². The second-order valence-electron chi connectivity index (χ2n) is 6.39. The summed E-state index contributed by atoms with van der Waals surface area (Å²) < 4.78 is 21.8. The van der Waals surface area contributed by atoms with Crippen LogP contribution in [-0.2, 0) is 0 Å². The molecule has 0 bridgehead atoms. The monoisotopic (exact) mass is 399 g/mol. The molecule has 6 nitrogen and oxygen atoms in total. The number of nitrogen functional groups attached to an aromatic ring is 1. The molecule has 2 aromatic carbocycles. The van der Waals surface area contributed by atoms with Gasteiger partial charge in [-0.15, -0.1) is 0 Å². The first-order valence-electron chi connectivity index (χ1n) is 9.56. The summed E-state index contributed by atoms with van der Waals surface area (Å²) in [6.07, 6.45) is 3.25. The minimum atomic E-state index is -0.0864. The lowest BCUT2D eigenvalue weighted by atomic mass is 9.96. The van der Waals surface area contributed by atoms with Crippen molar-refractivity contribution < 1.29 is 23.7 Å². The van der Waals surface area contributed by atoms with E-state index in [0.29, 0.717) is 58.4 Å². The molecule has 0 aliphatic carbocycles.